The number of rotatable bonds is 3. The van der Waals surface area contributed by atoms with Crippen LogP contribution in [0.15, 0.2) is 18.2 Å². The van der Waals surface area contributed by atoms with Gasteiger partial charge in [-0.2, -0.15) is 0 Å². The molecule has 1 atom stereocenters. The van der Waals surface area contributed by atoms with E-state index in [4.69, 9.17) is 5.73 Å². The normalized spacial score (nSPS) is 16.3. The van der Waals surface area contributed by atoms with E-state index in [9.17, 15) is 4.79 Å². The highest BCUT2D eigenvalue weighted by atomic mass is 16.2. The lowest BCUT2D eigenvalue weighted by molar-refractivity contribution is -0.129. The van der Waals surface area contributed by atoms with E-state index in [-0.39, 0.29) is 11.9 Å². The van der Waals surface area contributed by atoms with Crippen LogP contribution in [0.25, 0.3) is 0 Å². The van der Waals surface area contributed by atoms with E-state index in [1.165, 1.54) is 16.7 Å². The molecule has 3 nitrogen and oxygen atoms in total. The van der Waals surface area contributed by atoms with E-state index < -0.39 is 0 Å². The first-order valence-electron chi connectivity index (χ1n) is 6.74. The van der Waals surface area contributed by atoms with E-state index in [1.807, 2.05) is 4.90 Å². The second-order valence-electron chi connectivity index (χ2n) is 5.11. The number of carbonyl (C=O) groups excluding carboxylic acids is 1. The van der Waals surface area contributed by atoms with Gasteiger partial charge in [-0.3, -0.25) is 4.79 Å². The minimum Gasteiger partial charge on any atom is -0.338 e. The fourth-order valence-electron chi connectivity index (χ4n) is 2.55. The third kappa shape index (κ3) is 2.72. The van der Waals surface area contributed by atoms with Crippen molar-refractivity contribution in [3.63, 3.8) is 0 Å². The van der Waals surface area contributed by atoms with E-state index in [2.05, 4.69) is 25.1 Å². The fraction of sp³-hybridized carbons (Fsp3) is 0.533. The maximum absolute atomic E-state index is 11.4. The summed E-state index contributed by atoms with van der Waals surface area (Å²) in [4.78, 5) is 13.3. The molecule has 0 aromatic heterocycles. The van der Waals surface area contributed by atoms with Crippen LogP contribution < -0.4 is 5.73 Å². The van der Waals surface area contributed by atoms with E-state index >= 15 is 0 Å². The van der Waals surface area contributed by atoms with E-state index in [0.29, 0.717) is 0 Å². The number of hydrogen-bond acceptors (Lipinski definition) is 2. The summed E-state index contributed by atoms with van der Waals surface area (Å²) >= 11 is 0. The van der Waals surface area contributed by atoms with Crippen LogP contribution >= 0.6 is 0 Å². The topological polar surface area (TPSA) is 46.3 Å². The molecule has 0 radical (unpaired) electrons. The van der Waals surface area contributed by atoms with Crippen molar-refractivity contribution in [1.29, 1.82) is 0 Å². The summed E-state index contributed by atoms with van der Waals surface area (Å²) in [5.74, 6) is 0.156. The largest absolute Gasteiger partial charge is 0.338 e. The second kappa shape index (κ2) is 5.53. The summed E-state index contributed by atoms with van der Waals surface area (Å²) in [7, 11) is 0. The number of amides is 1. The molecule has 0 bridgehead atoms. The van der Waals surface area contributed by atoms with Crippen LogP contribution in [0.3, 0.4) is 0 Å². The monoisotopic (exact) mass is 246 g/mol. The molecule has 1 heterocycles. The molecule has 0 saturated heterocycles. The Morgan fingerprint density at radius 1 is 1.44 bits per heavy atom. The maximum atomic E-state index is 11.4. The molecule has 0 spiro atoms. The third-order valence-corrected chi connectivity index (χ3v) is 3.72. The van der Waals surface area contributed by atoms with Crippen molar-refractivity contribution in [3.8, 4) is 0 Å². The van der Waals surface area contributed by atoms with E-state index in [0.717, 1.165) is 32.4 Å². The van der Waals surface area contributed by atoms with Gasteiger partial charge in [0.05, 0.1) is 0 Å². The standard InChI is InChI=1S/C15H22N2O/c1-3-4-15(16)13-6-5-12-7-8-17(11(2)18)10-14(12)9-13/h5-6,9,15H,3-4,7-8,10,16H2,1-2H3. The average molecular weight is 246 g/mol. The van der Waals surface area contributed by atoms with Crippen LogP contribution in [0.1, 0.15) is 49.4 Å². The van der Waals surface area contributed by atoms with Gasteiger partial charge < -0.3 is 10.6 Å². The zero-order chi connectivity index (χ0) is 13.1. The van der Waals surface area contributed by atoms with Crippen LogP contribution in [-0.4, -0.2) is 17.4 Å². The summed E-state index contributed by atoms with van der Waals surface area (Å²) in [6.07, 6.45) is 3.06. The van der Waals surface area contributed by atoms with Gasteiger partial charge in [0.25, 0.3) is 0 Å². The SMILES string of the molecule is CCCC(N)c1ccc2c(c1)CN(C(C)=O)CC2. The second-order valence-corrected chi connectivity index (χ2v) is 5.11. The molecular weight excluding hydrogens is 224 g/mol. The van der Waals surface area contributed by atoms with Crippen molar-refractivity contribution in [2.45, 2.75) is 45.7 Å². The maximum Gasteiger partial charge on any atom is 0.219 e. The van der Waals surface area contributed by atoms with Crippen LogP contribution in [0, 0.1) is 0 Å². The molecule has 1 aliphatic heterocycles. The van der Waals surface area contributed by atoms with Gasteiger partial charge in [0.15, 0.2) is 0 Å². The molecule has 1 aliphatic rings. The van der Waals surface area contributed by atoms with Crippen LogP contribution in [0.5, 0.6) is 0 Å². The summed E-state index contributed by atoms with van der Waals surface area (Å²) < 4.78 is 0. The van der Waals surface area contributed by atoms with Gasteiger partial charge >= 0.3 is 0 Å². The van der Waals surface area contributed by atoms with Gasteiger partial charge in [-0.1, -0.05) is 31.5 Å². The predicted octanol–water partition coefficient (Wildman–Crippen LogP) is 2.39. The molecule has 0 aliphatic carbocycles. The van der Waals surface area contributed by atoms with Crippen LogP contribution in [-0.2, 0) is 17.8 Å². The lowest BCUT2D eigenvalue weighted by Crippen LogP contribution is -2.34. The van der Waals surface area contributed by atoms with Crippen LogP contribution in [0.2, 0.25) is 0 Å². The first kappa shape index (κ1) is 13.1. The predicted molar refractivity (Wildman–Crippen MR) is 73.1 cm³/mol. The average Bonchev–Trinajstić information content (AvgIpc) is 2.37. The molecular formula is C15H22N2O. The van der Waals surface area contributed by atoms with Crippen LogP contribution in [0.4, 0.5) is 0 Å². The highest BCUT2D eigenvalue weighted by molar-refractivity contribution is 5.73. The van der Waals surface area contributed by atoms with Crippen molar-refractivity contribution in [2.24, 2.45) is 5.73 Å². The van der Waals surface area contributed by atoms with Crippen molar-refractivity contribution < 1.29 is 4.79 Å². The molecule has 1 aromatic carbocycles. The molecule has 2 rings (SSSR count). The smallest absolute Gasteiger partial charge is 0.219 e. The summed E-state index contributed by atoms with van der Waals surface area (Å²) in [5.41, 5.74) is 9.97. The lowest BCUT2D eigenvalue weighted by atomic mass is 9.94. The Labute approximate surface area is 109 Å². The number of nitrogens with two attached hydrogens (primary N) is 1. The van der Waals surface area contributed by atoms with Crippen molar-refractivity contribution >= 4 is 5.91 Å². The first-order valence-corrected chi connectivity index (χ1v) is 6.74. The molecule has 18 heavy (non-hydrogen) atoms. The quantitative estimate of drug-likeness (QED) is 0.890. The number of hydrogen-bond donors (Lipinski definition) is 1. The number of carbonyl (C=O) groups is 1. The third-order valence-electron chi connectivity index (χ3n) is 3.72. The Morgan fingerprint density at radius 3 is 2.89 bits per heavy atom. The number of nitrogens with zero attached hydrogens (tertiary/aromatic N) is 1. The fourth-order valence-corrected chi connectivity index (χ4v) is 2.55. The summed E-state index contributed by atoms with van der Waals surface area (Å²) in [6.45, 7) is 5.35. The highest BCUT2D eigenvalue weighted by Crippen LogP contribution is 2.24. The summed E-state index contributed by atoms with van der Waals surface area (Å²) in [6, 6.07) is 6.62. The van der Waals surface area contributed by atoms with Gasteiger partial charge in [0.2, 0.25) is 5.91 Å². The van der Waals surface area contributed by atoms with Gasteiger partial charge in [-0.25, -0.2) is 0 Å². The molecule has 98 valence electrons. The van der Waals surface area contributed by atoms with Crippen molar-refractivity contribution in [2.75, 3.05) is 6.54 Å². The number of fused-ring (bicyclic) bond motifs is 1. The van der Waals surface area contributed by atoms with Crippen molar-refractivity contribution in [3.05, 3.63) is 34.9 Å². The molecule has 1 unspecified atom stereocenters. The Bertz CT molecular complexity index is 442. The van der Waals surface area contributed by atoms with Gasteiger partial charge in [-0.05, 0) is 29.5 Å². The zero-order valence-corrected chi connectivity index (χ0v) is 11.3. The van der Waals surface area contributed by atoms with Crippen molar-refractivity contribution in [1.82, 2.24) is 4.90 Å². The Morgan fingerprint density at radius 2 is 2.22 bits per heavy atom. The highest BCUT2D eigenvalue weighted by Gasteiger charge is 2.19. The minimum absolute atomic E-state index is 0.119. The molecule has 0 saturated carbocycles. The van der Waals surface area contributed by atoms with Gasteiger partial charge in [0.1, 0.15) is 0 Å². The Hall–Kier alpha value is -1.35. The zero-order valence-electron chi connectivity index (χ0n) is 11.3. The lowest BCUT2D eigenvalue weighted by Gasteiger charge is -2.28. The van der Waals surface area contributed by atoms with Gasteiger partial charge in [-0.15, -0.1) is 0 Å². The molecule has 0 fully saturated rings. The molecule has 1 aromatic rings. The Kier molecular flexibility index (Phi) is 4.02. The molecule has 1 amide bonds. The Balaban J connectivity index is 2.20. The van der Waals surface area contributed by atoms with Gasteiger partial charge in [0, 0.05) is 26.1 Å². The molecule has 3 heteroatoms. The number of benzene rings is 1. The molecule has 2 N–H and O–H groups in total. The minimum atomic E-state index is 0.119. The summed E-state index contributed by atoms with van der Waals surface area (Å²) in [5, 5.41) is 0. The first-order chi connectivity index (χ1) is 8.61. The van der Waals surface area contributed by atoms with E-state index in [1.54, 1.807) is 6.92 Å².